The average molecular weight is 494 g/mol. The monoisotopic (exact) mass is 493 g/mol. The molecule has 1 N–H and O–H groups in total. The Balaban J connectivity index is 1.44. The second-order valence-electron chi connectivity index (χ2n) is 9.53. The smallest absolute Gasteiger partial charge is 0.296 e. The summed E-state index contributed by atoms with van der Waals surface area (Å²) in [6.07, 6.45) is 0.797. The minimum Gasteiger partial charge on any atom is -0.351 e. The highest BCUT2D eigenvalue weighted by molar-refractivity contribution is 6.16. The summed E-state index contributed by atoms with van der Waals surface area (Å²) < 4.78 is 3.19. The molecule has 7 heteroatoms. The van der Waals surface area contributed by atoms with Crippen LogP contribution in [0.1, 0.15) is 28.0 Å². The molecule has 3 aromatic carbocycles. The van der Waals surface area contributed by atoms with Gasteiger partial charge in [0.15, 0.2) is 5.69 Å². The van der Waals surface area contributed by atoms with Gasteiger partial charge in [0.1, 0.15) is 5.52 Å². The number of carbonyl (C=O) groups is 1. The molecule has 5 aromatic rings. The van der Waals surface area contributed by atoms with Crippen molar-refractivity contribution in [3.63, 3.8) is 0 Å². The molecule has 0 spiro atoms. The highest BCUT2D eigenvalue weighted by Gasteiger charge is 2.23. The second-order valence-corrected chi connectivity index (χ2v) is 9.53. The molecule has 37 heavy (non-hydrogen) atoms. The van der Waals surface area contributed by atoms with Gasteiger partial charge in [-0.05, 0) is 50.7 Å². The molecule has 0 aliphatic carbocycles. The van der Waals surface area contributed by atoms with Crippen LogP contribution in [0.15, 0.2) is 83.7 Å². The molecule has 0 bridgehead atoms. The van der Waals surface area contributed by atoms with Crippen LogP contribution in [0.25, 0.3) is 27.5 Å². The topological polar surface area (TPSA) is 72.2 Å². The van der Waals surface area contributed by atoms with Gasteiger partial charge in [-0.3, -0.25) is 9.59 Å². The molecular weight excluding hydrogens is 462 g/mol. The fourth-order valence-corrected chi connectivity index (χ4v) is 4.81. The lowest BCUT2D eigenvalue weighted by Crippen LogP contribution is -2.32. The van der Waals surface area contributed by atoms with Gasteiger partial charge in [0.25, 0.3) is 11.5 Å². The molecular formula is C30H31N5O2. The third-order valence-electron chi connectivity index (χ3n) is 6.73. The van der Waals surface area contributed by atoms with Crippen molar-refractivity contribution in [1.82, 2.24) is 24.6 Å². The van der Waals surface area contributed by atoms with E-state index in [4.69, 9.17) is 0 Å². The maximum Gasteiger partial charge on any atom is 0.296 e. The number of amides is 1. The molecule has 0 saturated heterocycles. The first-order chi connectivity index (χ1) is 17.9. The Labute approximate surface area is 215 Å². The van der Waals surface area contributed by atoms with Crippen LogP contribution < -0.4 is 10.9 Å². The molecule has 188 valence electrons. The molecule has 0 unspecified atom stereocenters. The minimum atomic E-state index is -0.284. The Hall–Kier alpha value is -4.23. The van der Waals surface area contributed by atoms with Crippen LogP contribution in [0.5, 0.6) is 0 Å². The fraction of sp³-hybridized carbons (Fsp3) is 0.233. The predicted octanol–water partition coefficient (Wildman–Crippen LogP) is 4.44. The van der Waals surface area contributed by atoms with Crippen LogP contribution >= 0.6 is 0 Å². The van der Waals surface area contributed by atoms with Crippen molar-refractivity contribution in [2.45, 2.75) is 19.9 Å². The zero-order chi connectivity index (χ0) is 25.9. The number of aryl methyl sites for hydroxylation is 2. The van der Waals surface area contributed by atoms with E-state index in [0.29, 0.717) is 23.1 Å². The number of nitrogens with one attached hydrogen (secondary N) is 1. The zero-order valence-corrected chi connectivity index (χ0v) is 21.4. The summed E-state index contributed by atoms with van der Waals surface area (Å²) in [4.78, 5) is 29.3. The Bertz CT molecular complexity index is 1620. The van der Waals surface area contributed by atoms with Crippen molar-refractivity contribution in [3.05, 3.63) is 106 Å². The van der Waals surface area contributed by atoms with E-state index in [9.17, 15) is 9.59 Å². The van der Waals surface area contributed by atoms with Crippen LogP contribution in [0, 0.1) is 6.92 Å². The zero-order valence-electron chi connectivity index (χ0n) is 21.4. The lowest BCUT2D eigenvalue weighted by molar-refractivity contribution is 0.0947. The van der Waals surface area contributed by atoms with Gasteiger partial charge in [0.2, 0.25) is 0 Å². The van der Waals surface area contributed by atoms with Crippen LogP contribution in [0.3, 0.4) is 0 Å². The van der Waals surface area contributed by atoms with Gasteiger partial charge in [0, 0.05) is 36.4 Å². The number of carbonyl (C=O) groups excluding carboxylic acids is 1. The summed E-state index contributed by atoms with van der Waals surface area (Å²) >= 11 is 0. The number of hydrogen-bond acceptors (Lipinski definition) is 4. The molecule has 2 heterocycles. The minimum absolute atomic E-state index is 0.253. The molecule has 0 saturated carbocycles. The number of hydrogen-bond donors (Lipinski definition) is 1. The normalized spacial score (nSPS) is 11.5. The standard InChI is InChI=1S/C30H31N5O2/c1-21-14-16-23(17-15-21)35-30(37)28-26(24-12-7-8-13-25(24)34(28)3)27(32-35)29(36)31-18-9-19-33(2)20-22-10-5-4-6-11-22/h4-8,10-17H,9,18-20H2,1-3H3,(H,31,36). The highest BCUT2D eigenvalue weighted by Crippen LogP contribution is 2.28. The van der Waals surface area contributed by atoms with E-state index in [1.165, 1.54) is 10.2 Å². The molecule has 0 aliphatic heterocycles. The first kappa shape index (κ1) is 24.5. The summed E-state index contributed by atoms with van der Waals surface area (Å²) in [5, 5.41) is 9.07. The summed E-state index contributed by atoms with van der Waals surface area (Å²) in [5.41, 5.74) is 4.31. The van der Waals surface area contributed by atoms with Gasteiger partial charge in [-0.2, -0.15) is 9.78 Å². The lowest BCUT2D eigenvalue weighted by Gasteiger charge is -2.17. The van der Waals surface area contributed by atoms with E-state index in [0.717, 1.165) is 36.0 Å². The molecule has 1 amide bonds. The number of rotatable bonds is 8. The van der Waals surface area contributed by atoms with Gasteiger partial charge in [0.05, 0.1) is 5.69 Å². The Morgan fingerprint density at radius 1 is 0.973 bits per heavy atom. The maximum absolute atomic E-state index is 13.6. The summed E-state index contributed by atoms with van der Waals surface area (Å²) in [5.74, 6) is -0.284. The lowest BCUT2D eigenvalue weighted by atomic mass is 10.1. The first-order valence-corrected chi connectivity index (χ1v) is 12.5. The molecule has 0 aliphatic rings. The predicted molar refractivity (Wildman–Crippen MR) is 148 cm³/mol. The van der Waals surface area contributed by atoms with Crippen molar-refractivity contribution in [1.29, 1.82) is 0 Å². The highest BCUT2D eigenvalue weighted by atomic mass is 16.2. The van der Waals surface area contributed by atoms with Gasteiger partial charge >= 0.3 is 0 Å². The van der Waals surface area contributed by atoms with E-state index in [1.54, 1.807) is 0 Å². The summed E-state index contributed by atoms with van der Waals surface area (Å²) in [7, 11) is 3.93. The number of aromatic nitrogens is 3. The molecule has 0 atom stereocenters. The summed E-state index contributed by atoms with van der Waals surface area (Å²) in [6, 6.07) is 25.6. The fourth-order valence-electron chi connectivity index (χ4n) is 4.81. The van der Waals surface area contributed by atoms with Crippen LogP contribution in [-0.4, -0.2) is 45.3 Å². The largest absolute Gasteiger partial charge is 0.351 e. The third-order valence-corrected chi connectivity index (χ3v) is 6.73. The second kappa shape index (κ2) is 10.4. The van der Waals surface area contributed by atoms with E-state index >= 15 is 0 Å². The third kappa shape index (κ3) is 4.90. The molecule has 7 nitrogen and oxygen atoms in total. The van der Waals surface area contributed by atoms with E-state index in [-0.39, 0.29) is 17.2 Å². The number of benzene rings is 3. The number of fused-ring (bicyclic) bond motifs is 3. The van der Waals surface area contributed by atoms with E-state index < -0.39 is 0 Å². The van der Waals surface area contributed by atoms with Gasteiger partial charge in [-0.25, -0.2) is 0 Å². The SMILES string of the molecule is Cc1ccc(-n2nc(C(=O)NCCCN(C)Cc3ccccc3)c3c4ccccc4n(C)c3c2=O)cc1. The maximum atomic E-state index is 13.6. The molecule has 5 rings (SSSR count). The average Bonchev–Trinajstić information content (AvgIpc) is 3.21. The van der Waals surface area contributed by atoms with E-state index in [1.807, 2.05) is 85.3 Å². The van der Waals surface area contributed by atoms with E-state index in [2.05, 4.69) is 34.5 Å². The van der Waals surface area contributed by atoms with Crippen LogP contribution in [0.2, 0.25) is 0 Å². The summed E-state index contributed by atoms with van der Waals surface area (Å²) in [6.45, 7) is 4.20. The van der Waals surface area contributed by atoms with Crippen LogP contribution in [-0.2, 0) is 13.6 Å². The quantitative estimate of drug-likeness (QED) is 0.325. The van der Waals surface area contributed by atoms with Gasteiger partial charge in [-0.1, -0.05) is 66.2 Å². The van der Waals surface area contributed by atoms with Gasteiger partial charge in [-0.15, -0.1) is 0 Å². The Morgan fingerprint density at radius 3 is 2.43 bits per heavy atom. The van der Waals surface area contributed by atoms with Crippen molar-refractivity contribution >= 4 is 27.7 Å². The number of para-hydroxylation sites is 1. The van der Waals surface area contributed by atoms with Crippen molar-refractivity contribution in [2.75, 3.05) is 20.1 Å². The Morgan fingerprint density at radius 2 is 1.68 bits per heavy atom. The Kier molecular flexibility index (Phi) is 6.88. The van der Waals surface area contributed by atoms with Gasteiger partial charge < -0.3 is 14.8 Å². The number of nitrogens with zero attached hydrogens (tertiary/aromatic N) is 4. The molecule has 2 aromatic heterocycles. The van der Waals surface area contributed by atoms with Crippen molar-refractivity contribution in [3.8, 4) is 5.69 Å². The molecule has 0 fully saturated rings. The van der Waals surface area contributed by atoms with Crippen molar-refractivity contribution in [2.24, 2.45) is 7.05 Å². The first-order valence-electron chi connectivity index (χ1n) is 12.5. The van der Waals surface area contributed by atoms with Crippen molar-refractivity contribution < 1.29 is 4.79 Å². The van der Waals surface area contributed by atoms with Crippen LogP contribution in [0.4, 0.5) is 0 Å². The molecule has 0 radical (unpaired) electrons.